The van der Waals surface area contributed by atoms with Gasteiger partial charge < -0.3 is 24.8 Å². The Morgan fingerprint density at radius 2 is 1.94 bits per heavy atom. The molecule has 1 aliphatic heterocycles. The number of rotatable bonds is 11. The van der Waals surface area contributed by atoms with Crippen LogP contribution in [0.5, 0.6) is 0 Å². The number of benzene rings is 2. The second-order valence-electron chi connectivity index (χ2n) is 8.98. The van der Waals surface area contributed by atoms with Crippen LogP contribution in [0.25, 0.3) is 0 Å². The van der Waals surface area contributed by atoms with Gasteiger partial charge in [-0.3, -0.25) is 0 Å². The van der Waals surface area contributed by atoms with Crippen LogP contribution in [-0.4, -0.2) is 79.9 Å². The van der Waals surface area contributed by atoms with Crippen molar-refractivity contribution in [1.82, 2.24) is 14.7 Å². The number of aldehydes is 1. The maximum absolute atomic E-state index is 12.7. The Bertz CT molecular complexity index is 928. The maximum atomic E-state index is 12.7. The van der Waals surface area contributed by atoms with Gasteiger partial charge in [-0.15, -0.1) is 0 Å². The largest absolute Gasteiger partial charge is 0.322 e. The van der Waals surface area contributed by atoms with Gasteiger partial charge in [0, 0.05) is 38.4 Å². The third-order valence-corrected chi connectivity index (χ3v) is 6.98. The normalized spacial score (nSPS) is 16.4. The number of amides is 2. The Morgan fingerprint density at radius 1 is 1.15 bits per heavy atom. The minimum atomic E-state index is -0.330. The van der Waals surface area contributed by atoms with Crippen molar-refractivity contribution in [3.05, 3.63) is 64.1 Å². The van der Waals surface area contributed by atoms with Gasteiger partial charge in [-0.1, -0.05) is 53.5 Å². The highest BCUT2D eigenvalue weighted by Crippen LogP contribution is 2.25. The summed E-state index contributed by atoms with van der Waals surface area (Å²) in [7, 11) is 2.08. The Kier molecular flexibility index (Phi) is 10.7. The molecule has 1 saturated heterocycles. The summed E-state index contributed by atoms with van der Waals surface area (Å²) < 4.78 is 0. The summed E-state index contributed by atoms with van der Waals surface area (Å²) in [5.41, 5.74) is 1.93. The van der Waals surface area contributed by atoms with Crippen molar-refractivity contribution in [2.24, 2.45) is 5.92 Å². The fraction of sp³-hybridized carbons (Fsp3) is 0.462. The van der Waals surface area contributed by atoms with Gasteiger partial charge in [0.1, 0.15) is 6.29 Å². The van der Waals surface area contributed by atoms with E-state index in [2.05, 4.69) is 52.5 Å². The Labute approximate surface area is 212 Å². The van der Waals surface area contributed by atoms with E-state index >= 15 is 0 Å². The molecule has 1 atom stereocenters. The zero-order chi connectivity index (χ0) is 24.3. The number of likely N-dealkylation sites (tertiary alicyclic amines) is 1. The average molecular weight is 505 g/mol. The average Bonchev–Trinajstić information content (AvgIpc) is 2.83. The number of piperidine rings is 1. The predicted octanol–water partition coefficient (Wildman–Crippen LogP) is 4.91. The van der Waals surface area contributed by atoms with Gasteiger partial charge in [-0.25, -0.2) is 4.79 Å². The molecular formula is C26H34Cl2N4O2. The number of carbonyl (C=O) groups is 2. The monoisotopic (exact) mass is 504 g/mol. The lowest BCUT2D eigenvalue weighted by atomic mass is 9.97. The summed E-state index contributed by atoms with van der Waals surface area (Å²) in [5.74, 6) is 0.610. The van der Waals surface area contributed by atoms with Gasteiger partial charge in [0.05, 0.1) is 16.6 Å². The van der Waals surface area contributed by atoms with E-state index in [4.69, 9.17) is 23.2 Å². The predicted molar refractivity (Wildman–Crippen MR) is 140 cm³/mol. The summed E-state index contributed by atoms with van der Waals surface area (Å²) in [6.07, 6.45) is 4.27. The van der Waals surface area contributed by atoms with Gasteiger partial charge >= 0.3 is 6.03 Å². The second kappa shape index (κ2) is 13.7. The molecule has 1 N–H and O–H groups in total. The Balaban J connectivity index is 1.43. The van der Waals surface area contributed by atoms with Crippen LogP contribution in [-0.2, 0) is 11.2 Å². The highest BCUT2D eigenvalue weighted by atomic mass is 35.5. The molecule has 0 aliphatic carbocycles. The number of carbonyl (C=O) groups excluding carboxylic acids is 2. The number of nitrogens with zero attached hydrogens (tertiary/aromatic N) is 3. The molecule has 1 fully saturated rings. The molecule has 8 heteroatoms. The lowest BCUT2D eigenvalue weighted by Gasteiger charge is -2.35. The van der Waals surface area contributed by atoms with Crippen LogP contribution >= 0.6 is 23.2 Å². The number of hydrogen-bond acceptors (Lipinski definition) is 4. The summed E-state index contributed by atoms with van der Waals surface area (Å²) in [6, 6.07) is 15.2. The van der Waals surface area contributed by atoms with Crippen molar-refractivity contribution in [2.45, 2.75) is 19.3 Å². The first-order valence-corrected chi connectivity index (χ1v) is 12.6. The van der Waals surface area contributed by atoms with E-state index < -0.39 is 0 Å². The van der Waals surface area contributed by atoms with Gasteiger partial charge in [0.2, 0.25) is 0 Å². The maximum Gasteiger partial charge on any atom is 0.322 e. The molecule has 2 aromatic rings. The summed E-state index contributed by atoms with van der Waals surface area (Å²) in [6.45, 7) is 5.53. The molecule has 0 radical (unpaired) electrons. The van der Waals surface area contributed by atoms with Crippen LogP contribution in [0.2, 0.25) is 10.0 Å². The highest BCUT2D eigenvalue weighted by molar-refractivity contribution is 6.42. The molecule has 0 unspecified atom stereocenters. The zero-order valence-corrected chi connectivity index (χ0v) is 21.3. The van der Waals surface area contributed by atoms with Gasteiger partial charge in [-0.2, -0.15) is 0 Å². The lowest BCUT2D eigenvalue weighted by Crippen LogP contribution is -2.44. The van der Waals surface area contributed by atoms with Crippen molar-refractivity contribution in [3.63, 3.8) is 0 Å². The minimum Gasteiger partial charge on any atom is -0.316 e. The number of halogens is 2. The van der Waals surface area contributed by atoms with Crippen LogP contribution < -0.4 is 5.32 Å². The smallest absolute Gasteiger partial charge is 0.316 e. The third-order valence-electron chi connectivity index (χ3n) is 6.24. The Morgan fingerprint density at radius 3 is 2.68 bits per heavy atom. The van der Waals surface area contributed by atoms with Crippen LogP contribution in [0.3, 0.4) is 0 Å². The van der Waals surface area contributed by atoms with Crippen molar-refractivity contribution in [2.75, 3.05) is 58.2 Å². The topological polar surface area (TPSA) is 55.9 Å². The number of nitrogens with one attached hydrogen (secondary N) is 1. The van der Waals surface area contributed by atoms with Crippen LogP contribution in [0.15, 0.2) is 48.5 Å². The minimum absolute atomic E-state index is 0.0394. The lowest BCUT2D eigenvalue weighted by molar-refractivity contribution is -0.108. The molecule has 2 aromatic carbocycles. The molecule has 0 bridgehead atoms. The number of anilines is 1. The molecular weight excluding hydrogens is 471 g/mol. The molecule has 0 saturated carbocycles. The van der Waals surface area contributed by atoms with Crippen molar-refractivity contribution >= 4 is 41.2 Å². The van der Waals surface area contributed by atoms with Gasteiger partial charge in [0.15, 0.2) is 0 Å². The molecule has 1 aliphatic rings. The van der Waals surface area contributed by atoms with E-state index in [1.165, 1.54) is 23.3 Å². The SMILES string of the molecule is CN(CCN(CC=O)C(=O)Nc1ccc(Cl)c(Cl)c1)C[C@@H]1CCCN(CCc2ccccc2)C1. The van der Waals surface area contributed by atoms with E-state index in [-0.39, 0.29) is 12.6 Å². The van der Waals surface area contributed by atoms with E-state index in [9.17, 15) is 9.59 Å². The van der Waals surface area contributed by atoms with Crippen LogP contribution in [0, 0.1) is 5.92 Å². The molecule has 0 aromatic heterocycles. The molecule has 1 heterocycles. The van der Waals surface area contributed by atoms with Gasteiger partial charge in [0.25, 0.3) is 0 Å². The van der Waals surface area contributed by atoms with Crippen LogP contribution in [0.1, 0.15) is 18.4 Å². The molecule has 6 nitrogen and oxygen atoms in total. The van der Waals surface area contributed by atoms with E-state index in [1.807, 2.05) is 0 Å². The van der Waals surface area contributed by atoms with Crippen molar-refractivity contribution < 1.29 is 9.59 Å². The van der Waals surface area contributed by atoms with Gasteiger partial charge in [-0.05, 0) is 62.5 Å². The third kappa shape index (κ3) is 8.58. The fourth-order valence-corrected chi connectivity index (χ4v) is 4.70. The number of hydrogen-bond donors (Lipinski definition) is 1. The molecule has 184 valence electrons. The first kappa shape index (κ1) is 26.5. The van der Waals surface area contributed by atoms with Crippen molar-refractivity contribution in [1.29, 1.82) is 0 Å². The number of urea groups is 1. The molecule has 3 rings (SSSR count). The van der Waals surface area contributed by atoms with E-state index in [1.54, 1.807) is 18.2 Å². The van der Waals surface area contributed by atoms with Crippen LogP contribution in [0.4, 0.5) is 10.5 Å². The van der Waals surface area contributed by atoms with E-state index in [0.29, 0.717) is 34.7 Å². The van der Waals surface area contributed by atoms with Crippen molar-refractivity contribution in [3.8, 4) is 0 Å². The summed E-state index contributed by atoms with van der Waals surface area (Å²) >= 11 is 12.0. The zero-order valence-electron chi connectivity index (χ0n) is 19.8. The number of likely N-dealkylation sites (N-methyl/N-ethyl adjacent to an activating group) is 1. The summed E-state index contributed by atoms with van der Waals surface area (Å²) in [4.78, 5) is 30.2. The highest BCUT2D eigenvalue weighted by Gasteiger charge is 2.22. The fourth-order valence-electron chi connectivity index (χ4n) is 4.40. The summed E-state index contributed by atoms with van der Waals surface area (Å²) in [5, 5.41) is 3.58. The van der Waals surface area contributed by atoms with E-state index in [0.717, 1.165) is 38.9 Å². The second-order valence-corrected chi connectivity index (χ2v) is 9.79. The Hall–Kier alpha value is -2.12. The molecule has 34 heavy (non-hydrogen) atoms. The first-order valence-electron chi connectivity index (χ1n) is 11.8. The first-order chi connectivity index (χ1) is 16.4. The quantitative estimate of drug-likeness (QED) is 0.441. The standard InChI is InChI=1S/C26H34Cl2N4O2/c1-30(19-22-8-5-12-31(20-22)13-11-21-6-3-2-4-7-21)14-15-32(16-17-33)26(34)29-23-9-10-24(27)25(28)18-23/h2-4,6-7,9-10,17-18,22H,5,8,11-16,19-20H2,1H3,(H,29,34)/t22-/m0/s1. The molecule has 2 amide bonds. The molecule has 0 spiro atoms.